The highest BCUT2D eigenvalue weighted by molar-refractivity contribution is 5.09. The third-order valence-electron chi connectivity index (χ3n) is 6.55. The predicted molar refractivity (Wildman–Crippen MR) is 105 cm³/mol. The Bertz CT molecular complexity index is 638. The molecule has 4 nitrogen and oxygen atoms in total. The van der Waals surface area contributed by atoms with Gasteiger partial charge in [0.05, 0.1) is 16.9 Å². The molecule has 0 aromatic carbocycles. The van der Waals surface area contributed by atoms with Gasteiger partial charge >= 0.3 is 0 Å². The van der Waals surface area contributed by atoms with Crippen molar-refractivity contribution in [2.24, 2.45) is 5.92 Å². The highest BCUT2D eigenvalue weighted by Crippen LogP contribution is 2.49. The lowest BCUT2D eigenvalue weighted by Gasteiger charge is -2.51. The monoisotopic (exact) mass is 375 g/mol. The van der Waals surface area contributed by atoms with Gasteiger partial charge in [0.2, 0.25) is 0 Å². The summed E-state index contributed by atoms with van der Waals surface area (Å²) in [6.45, 7) is 11.0. The Labute approximate surface area is 163 Å². The van der Waals surface area contributed by atoms with Crippen molar-refractivity contribution in [2.45, 2.75) is 63.6 Å². The molecule has 2 saturated heterocycles. The average molecular weight is 376 g/mol. The highest BCUT2D eigenvalue weighted by atomic mass is 19.1. The van der Waals surface area contributed by atoms with Gasteiger partial charge in [-0.3, -0.25) is 9.88 Å². The number of piperidine rings is 1. The Balaban J connectivity index is 1.31. The SMILES string of the molecule is CC(C)CCN1CC2(CCN(CCc3ncccc3F)CC2)OC2(CC2)C1. The fraction of sp³-hybridized carbons (Fsp3) is 0.773. The number of hydrogen-bond acceptors (Lipinski definition) is 4. The van der Waals surface area contributed by atoms with Crippen LogP contribution in [0.25, 0.3) is 0 Å². The second-order valence-corrected chi connectivity index (χ2v) is 9.38. The van der Waals surface area contributed by atoms with Gasteiger partial charge in [0.1, 0.15) is 5.82 Å². The van der Waals surface area contributed by atoms with E-state index in [1.54, 1.807) is 12.3 Å². The van der Waals surface area contributed by atoms with Crippen molar-refractivity contribution >= 4 is 0 Å². The van der Waals surface area contributed by atoms with Crippen LogP contribution in [0, 0.1) is 11.7 Å². The summed E-state index contributed by atoms with van der Waals surface area (Å²) in [4.78, 5) is 9.31. The van der Waals surface area contributed by atoms with Crippen LogP contribution in [0.2, 0.25) is 0 Å². The number of morpholine rings is 1. The molecule has 0 atom stereocenters. The van der Waals surface area contributed by atoms with Gasteiger partial charge in [-0.15, -0.1) is 0 Å². The first-order valence-corrected chi connectivity index (χ1v) is 10.7. The van der Waals surface area contributed by atoms with Gasteiger partial charge in [0, 0.05) is 45.3 Å². The van der Waals surface area contributed by atoms with E-state index in [1.165, 1.54) is 31.9 Å². The first-order chi connectivity index (χ1) is 13.0. The molecular formula is C22H34FN3O. The molecule has 3 aliphatic rings. The summed E-state index contributed by atoms with van der Waals surface area (Å²) in [5, 5.41) is 0. The molecule has 2 spiro atoms. The minimum atomic E-state index is -0.182. The molecule has 27 heavy (non-hydrogen) atoms. The zero-order valence-corrected chi connectivity index (χ0v) is 16.9. The van der Waals surface area contributed by atoms with Gasteiger partial charge in [-0.25, -0.2) is 4.39 Å². The molecule has 3 fully saturated rings. The smallest absolute Gasteiger partial charge is 0.144 e. The number of ether oxygens (including phenoxy) is 1. The number of pyridine rings is 1. The molecule has 5 heteroatoms. The maximum absolute atomic E-state index is 13.8. The van der Waals surface area contributed by atoms with Crippen molar-refractivity contribution in [1.82, 2.24) is 14.8 Å². The van der Waals surface area contributed by atoms with Gasteiger partial charge in [-0.2, -0.15) is 0 Å². The standard InChI is InChI=1S/C22H34FN3O/c1-18(2)5-12-26-16-21(7-8-21)27-22(17-26)9-14-25(15-10-22)13-6-20-19(23)4-3-11-24-20/h3-4,11,18H,5-10,12-17H2,1-2H3. The van der Waals surface area contributed by atoms with Crippen LogP contribution < -0.4 is 0 Å². The molecule has 4 rings (SSSR count). The lowest BCUT2D eigenvalue weighted by Crippen LogP contribution is -2.60. The van der Waals surface area contributed by atoms with Crippen molar-refractivity contribution in [3.05, 3.63) is 29.8 Å². The second kappa shape index (κ2) is 7.76. The van der Waals surface area contributed by atoms with Crippen molar-refractivity contribution < 1.29 is 9.13 Å². The van der Waals surface area contributed by atoms with Gasteiger partial charge in [0.15, 0.2) is 0 Å². The highest BCUT2D eigenvalue weighted by Gasteiger charge is 2.55. The summed E-state index contributed by atoms with van der Waals surface area (Å²) >= 11 is 0. The predicted octanol–water partition coefficient (Wildman–Crippen LogP) is 3.51. The summed E-state index contributed by atoms with van der Waals surface area (Å²) in [5.41, 5.74) is 0.788. The molecule has 1 aliphatic carbocycles. The molecule has 3 heterocycles. The summed E-state index contributed by atoms with van der Waals surface area (Å²) in [6, 6.07) is 3.16. The van der Waals surface area contributed by atoms with Crippen molar-refractivity contribution in [3.63, 3.8) is 0 Å². The summed E-state index contributed by atoms with van der Waals surface area (Å²) in [6.07, 6.45) is 8.29. The number of rotatable bonds is 6. The lowest BCUT2D eigenvalue weighted by molar-refractivity contribution is -0.188. The topological polar surface area (TPSA) is 28.6 Å². The van der Waals surface area contributed by atoms with Crippen molar-refractivity contribution in [2.75, 3.05) is 39.3 Å². The van der Waals surface area contributed by atoms with Gasteiger partial charge in [-0.1, -0.05) is 13.8 Å². The summed E-state index contributed by atoms with van der Waals surface area (Å²) in [5.74, 6) is 0.575. The first-order valence-electron chi connectivity index (χ1n) is 10.7. The number of halogens is 1. The third-order valence-corrected chi connectivity index (χ3v) is 6.55. The van der Waals surface area contributed by atoms with E-state index in [-0.39, 0.29) is 17.0 Å². The van der Waals surface area contributed by atoms with E-state index < -0.39 is 0 Å². The third kappa shape index (κ3) is 4.69. The normalized spacial score (nSPS) is 24.7. The minimum Gasteiger partial charge on any atom is -0.366 e. The Morgan fingerprint density at radius 1 is 1.07 bits per heavy atom. The molecule has 0 radical (unpaired) electrons. The van der Waals surface area contributed by atoms with Crippen molar-refractivity contribution in [1.29, 1.82) is 0 Å². The van der Waals surface area contributed by atoms with E-state index in [2.05, 4.69) is 28.6 Å². The molecule has 0 unspecified atom stereocenters. The van der Waals surface area contributed by atoms with Crippen LogP contribution in [-0.4, -0.2) is 65.3 Å². The van der Waals surface area contributed by atoms with Gasteiger partial charge in [0.25, 0.3) is 0 Å². The second-order valence-electron chi connectivity index (χ2n) is 9.38. The minimum absolute atomic E-state index is 0.0402. The summed E-state index contributed by atoms with van der Waals surface area (Å²) in [7, 11) is 0. The lowest BCUT2D eigenvalue weighted by atomic mass is 9.87. The van der Waals surface area contributed by atoms with E-state index in [9.17, 15) is 4.39 Å². The molecule has 0 bridgehead atoms. The quantitative estimate of drug-likeness (QED) is 0.761. The molecule has 2 aliphatic heterocycles. The van der Waals surface area contributed by atoms with Crippen LogP contribution in [0.4, 0.5) is 4.39 Å². The Hall–Kier alpha value is -1.04. The molecule has 1 aromatic rings. The fourth-order valence-corrected chi connectivity index (χ4v) is 4.70. The Morgan fingerprint density at radius 3 is 2.41 bits per heavy atom. The van der Waals surface area contributed by atoms with E-state index in [1.807, 2.05) is 0 Å². The number of likely N-dealkylation sites (tertiary alicyclic amines) is 1. The maximum atomic E-state index is 13.8. The molecule has 1 saturated carbocycles. The van der Waals surface area contributed by atoms with Gasteiger partial charge in [-0.05, 0) is 56.7 Å². The average Bonchev–Trinajstić information content (AvgIpc) is 3.38. The van der Waals surface area contributed by atoms with Crippen molar-refractivity contribution in [3.8, 4) is 0 Å². The van der Waals surface area contributed by atoms with E-state index >= 15 is 0 Å². The molecule has 0 amide bonds. The molecule has 150 valence electrons. The number of hydrogen-bond donors (Lipinski definition) is 0. The Kier molecular flexibility index (Phi) is 5.55. The summed E-state index contributed by atoms with van der Waals surface area (Å²) < 4.78 is 20.5. The van der Waals surface area contributed by atoms with Gasteiger partial charge < -0.3 is 9.64 Å². The van der Waals surface area contributed by atoms with Crippen LogP contribution in [0.1, 0.15) is 51.6 Å². The molecule has 0 N–H and O–H groups in total. The van der Waals surface area contributed by atoms with Crippen LogP contribution >= 0.6 is 0 Å². The van der Waals surface area contributed by atoms with Crippen LogP contribution in [-0.2, 0) is 11.2 Å². The number of nitrogens with zero attached hydrogens (tertiary/aromatic N) is 3. The fourth-order valence-electron chi connectivity index (χ4n) is 4.70. The van der Waals surface area contributed by atoms with E-state index in [0.717, 1.165) is 51.5 Å². The van der Waals surface area contributed by atoms with Crippen LogP contribution in [0.15, 0.2) is 18.3 Å². The van der Waals surface area contributed by atoms with E-state index in [0.29, 0.717) is 12.1 Å². The Morgan fingerprint density at radius 2 is 1.78 bits per heavy atom. The molecular weight excluding hydrogens is 341 g/mol. The largest absolute Gasteiger partial charge is 0.366 e. The zero-order chi connectivity index (χ0) is 18.9. The zero-order valence-electron chi connectivity index (χ0n) is 16.9. The first kappa shape index (κ1) is 19.3. The van der Waals surface area contributed by atoms with E-state index in [4.69, 9.17) is 4.74 Å². The molecule has 1 aromatic heterocycles. The van der Waals surface area contributed by atoms with Crippen LogP contribution in [0.5, 0.6) is 0 Å². The maximum Gasteiger partial charge on any atom is 0.144 e. The number of aromatic nitrogens is 1. The van der Waals surface area contributed by atoms with Crippen LogP contribution in [0.3, 0.4) is 0 Å².